The summed E-state index contributed by atoms with van der Waals surface area (Å²) in [7, 11) is -2.55. The van der Waals surface area contributed by atoms with Gasteiger partial charge in [-0.2, -0.15) is 0 Å². The number of benzene rings is 3. The Morgan fingerprint density at radius 2 is 1.49 bits per heavy atom. The second-order valence-electron chi connectivity index (χ2n) is 12.9. The molecule has 5 heteroatoms. The summed E-state index contributed by atoms with van der Waals surface area (Å²) in [5.74, 6) is 0.547. The molecule has 220 valence electrons. The molecule has 0 bridgehead atoms. The van der Waals surface area contributed by atoms with Crippen LogP contribution in [0.5, 0.6) is 0 Å². The van der Waals surface area contributed by atoms with Gasteiger partial charge in [0.05, 0.1) is 18.3 Å². The van der Waals surface area contributed by atoms with Crippen LogP contribution >= 0.6 is 0 Å². The Balaban J connectivity index is 1.42. The van der Waals surface area contributed by atoms with Crippen LogP contribution in [0.3, 0.4) is 0 Å². The van der Waals surface area contributed by atoms with Gasteiger partial charge in [0.25, 0.3) is 8.32 Å². The van der Waals surface area contributed by atoms with Gasteiger partial charge < -0.3 is 13.9 Å². The Hall–Kier alpha value is -2.57. The maximum atomic E-state index is 12.3. The third kappa shape index (κ3) is 7.84. The summed E-state index contributed by atoms with van der Waals surface area (Å²) in [6.07, 6.45) is 3.96. The van der Waals surface area contributed by atoms with Crippen LogP contribution in [0.2, 0.25) is 5.04 Å². The van der Waals surface area contributed by atoms with E-state index >= 15 is 0 Å². The molecule has 1 aliphatic rings. The zero-order valence-electron chi connectivity index (χ0n) is 25.6. The second-order valence-corrected chi connectivity index (χ2v) is 17.2. The molecule has 0 saturated carbocycles. The highest BCUT2D eigenvalue weighted by molar-refractivity contribution is 6.99. The van der Waals surface area contributed by atoms with E-state index in [0.29, 0.717) is 32.0 Å². The van der Waals surface area contributed by atoms with Gasteiger partial charge in [0.15, 0.2) is 5.78 Å². The summed E-state index contributed by atoms with van der Waals surface area (Å²) >= 11 is 0. The van der Waals surface area contributed by atoms with Crippen molar-refractivity contribution in [3.63, 3.8) is 0 Å². The van der Waals surface area contributed by atoms with Crippen molar-refractivity contribution in [1.29, 1.82) is 0 Å². The van der Waals surface area contributed by atoms with Crippen molar-refractivity contribution in [3.05, 3.63) is 96.6 Å². The lowest BCUT2D eigenvalue weighted by atomic mass is 9.88. The van der Waals surface area contributed by atoms with Crippen molar-refractivity contribution in [2.24, 2.45) is 5.92 Å². The molecule has 1 saturated heterocycles. The van der Waals surface area contributed by atoms with Gasteiger partial charge in [0.2, 0.25) is 0 Å². The summed E-state index contributed by atoms with van der Waals surface area (Å²) in [5.41, 5.74) is 0.652. The molecule has 0 spiro atoms. The molecule has 0 N–H and O–H groups in total. The highest BCUT2D eigenvalue weighted by Gasteiger charge is 2.50. The van der Waals surface area contributed by atoms with Crippen molar-refractivity contribution in [1.82, 2.24) is 0 Å². The molecule has 1 unspecified atom stereocenters. The average molecular weight is 573 g/mol. The summed E-state index contributed by atoms with van der Waals surface area (Å²) in [6, 6.07) is 31.9. The van der Waals surface area contributed by atoms with Gasteiger partial charge in [0, 0.05) is 13.0 Å². The van der Waals surface area contributed by atoms with Crippen LogP contribution in [0.4, 0.5) is 0 Å². The van der Waals surface area contributed by atoms with Crippen LogP contribution in [-0.2, 0) is 25.3 Å². The van der Waals surface area contributed by atoms with E-state index in [-0.39, 0.29) is 23.5 Å². The molecule has 3 aromatic rings. The first-order valence-electron chi connectivity index (χ1n) is 15.2. The number of carbonyl (C=O) groups is 1. The van der Waals surface area contributed by atoms with Crippen molar-refractivity contribution in [2.75, 3.05) is 13.2 Å². The van der Waals surface area contributed by atoms with E-state index in [2.05, 4.69) is 107 Å². The number of hydrogen-bond donors (Lipinski definition) is 0. The molecule has 4 rings (SSSR count). The quantitative estimate of drug-likeness (QED) is 0.217. The SMILES string of the molecule is CC(CCC[C@]1(C)OCC(=O)CC[C@@H]1OCc1ccccc1)CO[Si](c1ccccc1)(c1ccccc1)C(C)(C)C. The normalized spacial score (nSPS) is 20.9. The van der Waals surface area contributed by atoms with Crippen molar-refractivity contribution in [3.8, 4) is 0 Å². The fourth-order valence-corrected chi connectivity index (χ4v) is 10.9. The number of ether oxygens (including phenoxy) is 2. The minimum atomic E-state index is -2.55. The minimum Gasteiger partial charge on any atom is -0.407 e. The van der Waals surface area contributed by atoms with E-state index in [4.69, 9.17) is 13.9 Å². The van der Waals surface area contributed by atoms with Crippen LogP contribution in [0.25, 0.3) is 0 Å². The van der Waals surface area contributed by atoms with Gasteiger partial charge >= 0.3 is 0 Å². The Labute approximate surface area is 248 Å². The van der Waals surface area contributed by atoms with Crippen LogP contribution in [0.1, 0.15) is 72.3 Å². The fraction of sp³-hybridized carbons (Fsp3) is 0.472. The first-order valence-corrected chi connectivity index (χ1v) is 17.1. The van der Waals surface area contributed by atoms with Crippen LogP contribution in [-0.4, -0.2) is 39.0 Å². The number of Topliss-reactive ketones (excluding diaryl/α,β-unsaturated/α-hetero) is 1. The zero-order chi connectivity index (χ0) is 29.3. The summed E-state index contributed by atoms with van der Waals surface area (Å²) < 4.78 is 19.8. The average Bonchev–Trinajstić information content (AvgIpc) is 3.11. The maximum absolute atomic E-state index is 12.3. The fourth-order valence-electron chi connectivity index (χ4n) is 6.19. The zero-order valence-corrected chi connectivity index (χ0v) is 26.6. The topological polar surface area (TPSA) is 44.8 Å². The summed E-state index contributed by atoms with van der Waals surface area (Å²) in [6.45, 7) is 12.8. The number of carbonyl (C=O) groups excluding carboxylic acids is 1. The Morgan fingerprint density at radius 1 is 0.927 bits per heavy atom. The molecule has 1 heterocycles. The van der Waals surface area contributed by atoms with Gasteiger partial charge in [-0.3, -0.25) is 4.79 Å². The lowest BCUT2D eigenvalue weighted by Gasteiger charge is -2.43. The predicted octanol–water partition coefficient (Wildman–Crippen LogP) is 7.09. The lowest BCUT2D eigenvalue weighted by molar-refractivity contribution is -0.146. The third-order valence-corrected chi connectivity index (χ3v) is 13.6. The second kappa shape index (κ2) is 14.1. The van der Waals surface area contributed by atoms with Crippen molar-refractivity contribution < 1.29 is 18.7 Å². The number of rotatable bonds is 12. The molecular formula is C36H48O4Si. The minimum absolute atomic E-state index is 0.0348. The van der Waals surface area contributed by atoms with E-state index in [1.807, 2.05) is 18.2 Å². The monoisotopic (exact) mass is 572 g/mol. The van der Waals surface area contributed by atoms with E-state index in [1.54, 1.807) is 0 Å². The Bertz CT molecular complexity index is 1170. The lowest BCUT2D eigenvalue weighted by Crippen LogP contribution is -2.66. The molecule has 0 aliphatic carbocycles. The molecule has 41 heavy (non-hydrogen) atoms. The highest BCUT2D eigenvalue weighted by atomic mass is 28.4. The molecule has 3 aromatic carbocycles. The predicted molar refractivity (Wildman–Crippen MR) is 170 cm³/mol. The highest BCUT2D eigenvalue weighted by Crippen LogP contribution is 2.37. The molecule has 0 aromatic heterocycles. The number of hydrogen-bond acceptors (Lipinski definition) is 4. The van der Waals surface area contributed by atoms with Crippen molar-refractivity contribution >= 4 is 24.5 Å². The Morgan fingerprint density at radius 3 is 2.05 bits per heavy atom. The molecule has 1 fully saturated rings. The molecular weight excluding hydrogens is 524 g/mol. The Kier molecular flexibility index (Phi) is 10.8. The standard InChI is InChI=1S/C36H48O4Si/c1-29(26-40-41(35(2,3)4,32-19-11-7-12-20-32)33-21-13-8-14-22-33)16-15-25-36(5)34(24-23-31(37)28-39-36)38-27-30-17-9-6-10-18-30/h6-14,17-22,29,34H,15-16,23-28H2,1-5H3/t29?,34-,36-/m0/s1. The van der Waals surface area contributed by atoms with Crippen molar-refractivity contribution in [2.45, 2.75) is 90.1 Å². The molecule has 0 amide bonds. The van der Waals surface area contributed by atoms with E-state index in [9.17, 15) is 4.79 Å². The first kappa shape index (κ1) is 31.4. The number of ketones is 1. The largest absolute Gasteiger partial charge is 0.407 e. The van der Waals surface area contributed by atoms with Crippen LogP contribution < -0.4 is 10.4 Å². The first-order chi connectivity index (χ1) is 19.6. The molecule has 0 radical (unpaired) electrons. The smallest absolute Gasteiger partial charge is 0.261 e. The molecule has 3 atom stereocenters. The van der Waals surface area contributed by atoms with Gasteiger partial charge in [0.1, 0.15) is 6.61 Å². The van der Waals surface area contributed by atoms with Gasteiger partial charge in [-0.25, -0.2) is 0 Å². The van der Waals surface area contributed by atoms with E-state index < -0.39 is 13.9 Å². The van der Waals surface area contributed by atoms with Gasteiger partial charge in [-0.15, -0.1) is 0 Å². The molecule has 4 nitrogen and oxygen atoms in total. The van der Waals surface area contributed by atoms with Gasteiger partial charge in [-0.1, -0.05) is 125 Å². The van der Waals surface area contributed by atoms with E-state index in [0.717, 1.165) is 24.8 Å². The van der Waals surface area contributed by atoms with Gasteiger partial charge in [-0.05, 0) is 53.1 Å². The van der Waals surface area contributed by atoms with Crippen LogP contribution in [0.15, 0.2) is 91.0 Å². The summed E-state index contributed by atoms with van der Waals surface area (Å²) in [5, 5.41) is 2.59. The van der Waals surface area contributed by atoms with Crippen LogP contribution in [0, 0.1) is 5.92 Å². The third-order valence-electron chi connectivity index (χ3n) is 8.59. The van der Waals surface area contributed by atoms with E-state index in [1.165, 1.54) is 10.4 Å². The molecule has 1 aliphatic heterocycles. The maximum Gasteiger partial charge on any atom is 0.261 e. The summed E-state index contributed by atoms with van der Waals surface area (Å²) in [4.78, 5) is 12.3.